The summed E-state index contributed by atoms with van der Waals surface area (Å²) >= 11 is 0. The summed E-state index contributed by atoms with van der Waals surface area (Å²) < 4.78 is 10.8. The summed E-state index contributed by atoms with van der Waals surface area (Å²) in [5.74, 6) is 8.59. The van der Waals surface area contributed by atoms with Gasteiger partial charge in [0, 0.05) is 19.0 Å². The van der Waals surface area contributed by atoms with Crippen molar-refractivity contribution in [2.45, 2.75) is 45.1 Å². The number of hydrogen-bond acceptors (Lipinski definition) is 3. The van der Waals surface area contributed by atoms with E-state index < -0.39 is 0 Å². The minimum absolute atomic E-state index is 0.212. The Kier molecular flexibility index (Phi) is 9.45. The molecule has 0 N–H and O–H groups in total. The summed E-state index contributed by atoms with van der Waals surface area (Å²) in [6.07, 6.45) is 5.17. The van der Waals surface area contributed by atoms with Gasteiger partial charge in [0.2, 0.25) is 0 Å². The van der Waals surface area contributed by atoms with Gasteiger partial charge in [0.15, 0.2) is 0 Å². The van der Waals surface area contributed by atoms with Crippen molar-refractivity contribution < 1.29 is 9.47 Å². The molecule has 2 rings (SSSR count). The van der Waals surface area contributed by atoms with E-state index in [0.29, 0.717) is 0 Å². The number of methoxy groups -OCH3 is 2. The summed E-state index contributed by atoms with van der Waals surface area (Å²) in [4.78, 5) is 2.36. The molecule has 0 aliphatic rings. The molecule has 0 saturated heterocycles. The Morgan fingerprint density at radius 1 is 1.04 bits per heavy atom. The van der Waals surface area contributed by atoms with E-state index in [2.05, 4.69) is 67.1 Å². The van der Waals surface area contributed by atoms with E-state index in [9.17, 15) is 0 Å². The lowest BCUT2D eigenvalue weighted by molar-refractivity contribution is 0.289. The fourth-order valence-corrected chi connectivity index (χ4v) is 3.12. The third-order valence-electron chi connectivity index (χ3n) is 4.96. The van der Waals surface area contributed by atoms with Crippen LogP contribution in [-0.2, 0) is 12.8 Å². The zero-order valence-corrected chi connectivity index (χ0v) is 17.7. The lowest BCUT2D eigenvalue weighted by atomic mass is 10.0. The van der Waals surface area contributed by atoms with Crippen molar-refractivity contribution in [1.82, 2.24) is 4.90 Å². The van der Waals surface area contributed by atoms with E-state index in [1.165, 1.54) is 17.5 Å². The van der Waals surface area contributed by atoms with Crippen molar-refractivity contribution in [2.24, 2.45) is 0 Å². The van der Waals surface area contributed by atoms with Gasteiger partial charge in [-0.1, -0.05) is 55.7 Å². The maximum Gasteiger partial charge on any atom is 0.125 e. The number of benzene rings is 2. The Morgan fingerprint density at radius 2 is 1.82 bits per heavy atom. The van der Waals surface area contributed by atoms with Crippen LogP contribution in [0.4, 0.5) is 0 Å². The molecule has 0 radical (unpaired) electrons. The van der Waals surface area contributed by atoms with Gasteiger partial charge in [0.1, 0.15) is 11.5 Å². The van der Waals surface area contributed by atoms with Gasteiger partial charge in [-0.3, -0.25) is 4.90 Å². The predicted molar refractivity (Wildman–Crippen MR) is 117 cm³/mol. The summed E-state index contributed by atoms with van der Waals surface area (Å²) in [6.45, 7) is 3.13. The Labute approximate surface area is 170 Å². The molecule has 0 aliphatic heterocycles. The van der Waals surface area contributed by atoms with Crippen LogP contribution in [0, 0.1) is 11.8 Å². The first-order valence-electron chi connectivity index (χ1n) is 10.1. The quantitative estimate of drug-likeness (QED) is 0.429. The number of ether oxygens (including phenoxy) is 2. The van der Waals surface area contributed by atoms with Crippen LogP contribution in [0.1, 0.15) is 37.3 Å². The summed E-state index contributed by atoms with van der Waals surface area (Å²) in [5, 5.41) is 0. The van der Waals surface area contributed by atoms with Gasteiger partial charge in [-0.15, -0.1) is 5.92 Å². The predicted octanol–water partition coefficient (Wildman–Crippen LogP) is 4.98. The van der Waals surface area contributed by atoms with Crippen LogP contribution in [0.25, 0.3) is 0 Å². The van der Waals surface area contributed by atoms with E-state index >= 15 is 0 Å². The molecule has 0 spiro atoms. The van der Waals surface area contributed by atoms with Crippen molar-refractivity contribution in [2.75, 3.05) is 27.8 Å². The Bertz CT molecular complexity index is 761. The number of likely N-dealkylation sites (N-methyl/N-ethyl adjacent to an activating group) is 1. The molecule has 0 saturated carbocycles. The van der Waals surface area contributed by atoms with Crippen molar-refractivity contribution in [1.29, 1.82) is 0 Å². The highest BCUT2D eigenvalue weighted by Gasteiger charge is 2.14. The standard InChI is InChI=1S/C25H33NO2/c1-5-6-7-11-14-23(19-21-12-9-8-10-13-21)26(2)18-17-22-15-16-24(27-3)20-25(22)28-4/h8-10,12-13,15-16,20,23H,5-7,17-19H2,1-4H3. The van der Waals surface area contributed by atoms with Gasteiger partial charge >= 0.3 is 0 Å². The van der Waals surface area contributed by atoms with Crippen LogP contribution < -0.4 is 9.47 Å². The first-order valence-corrected chi connectivity index (χ1v) is 10.1. The van der Waals surface area contributed by atoms with E-state index in [1.54, 1.807) is 14.2 Å². The van der Waals surface area contributed by atoms with Crippen LogP contribution in [0.2, 0.25) is 0 Å². The Hall–Kier alpha value is -2.44. The topological polar surface area (TPSA) is 21.7 Å². The lowest BCUT2D eigenvalue weighted by Gasteiger charge is -2.24. The highest BCUT2D eigenvalue weighted by Crippen LogP contribution is 2.25. The molecule has 150 valence electrons. The molecule has 3 nitrogen and oxygen atoms in total. The molecule has 0 amide bonds. The summed E-state index contributed by atoms with van der Waals surface area (Å²) in [7, 11) is 5.55. The van der Waals surface area contributed by atoms with E-state index in [1.807, 2.05) is 12.1 Å². The SMILES string of the molecule is CCCCC#CC(Cc1ccccc1)N(C)CCc1ccc(OC)cc1OC. The maximum atomic E-state index is 5.54. The molecular weight excluding hydrogens is 346 g/mol. The zero-order chi connectivity index (χ0) is 20.2. The number of nitrogens with zero attached hydrogens (tertiary/aromatic N) is 1. The average Bonchev–Trinajstić information content (AvgIpc) is 2.74. The maximum absolute atomic E-state index is 5.54. The molecule has 3 heteroatoms. The molecule has 2 aromatic rings. The van der Waals surface area contributed by atoms with Crippen LogP contribution in [-0.4, -0.2) is 38.8 Å². The van der Waals surface area contributed by atoms with Crippen molar-refractivity contribution in [3.8, 4) is 23.3 Å². The molecule has 0 heterocycles. The third-order valence-corrected chi connectivity index (χ3v) is 4.96. The molecule has 1 unspecified atom stereocenters. The molecule has 0 fully saturated rings. The number of hydrogen-bond donors (Lipinski definition) is 0. The molecule has 0 bridgehead atoms. The normalized spacial score (nSPS) is 11.6. The number of rotatable bonds is 10. The monoisotopic (exact) mass is 379 g/mol. The first-order chi connectivity index (χ1) is 13.7. The average molecular weight is 380 g/mol. The number of unbranched alkanes of at least 4 members (excludes halogenated alkanes) is 2. The zero-order valence-electron chi connectivity index (χ0n) is 17.7. The molecule has 1 atom stereocenters. The second-order valence-corrected chi connectivity index (χ2v) is 7.04. The van der Waals surface area contributed by atoms with Gasteiger partial charge in [-0.2, -0.15) is 0 Å². The summed E-state index contributed by atoms with van der Waals surface area (Å²) in [5.41, 5.74) is 2.51. The van der Waals surface area contributed by atoms with Gasteiger partial charge in [0.25, 0.3) is 0 Å². The first kappa shape index (κ1) is 21.9. The molecule has 0 aliphatic carbocycles. The molecule has 2 aromatic carbocycles. The lowest BCUT2D eigenvalue weighted by Crippen LogP contribution is -2.34. The van der Waals surface area contributed by atoms with E-state index in [-0.39, 0.29) is 6.04 Å². The van der Waals surface area contributed by atoms with Crippen LogP contribution in [0.5, 0.6) is 11.5 Å². The molecular formula is C25H33NO2. The van der Waals surface area contributed by atoms with Crippen LogP contribution in [0.3, 0.4) is 0 Å². The van der Waals surface area contributed by atoms with Crippen LogP contribution >= 0.6 is 0 Å². The van der Waals surface area contributed by atoms with Crippen molar-refractivity contribution in [3.05, 3.63) is 59.7 Å². The highest BCUT2D eigenvalue weighted by molar-refractivity contribution is 5.41. The smallest absolute Gasteiger partial charge is 0.125 e. The van der Waals surface area contributed by atoms with Crippen molar-refractivity contribution in [3.63, 3.8) is 0 Å². The minimum Gasteiger partial charge on any atom is -0.497 e. The Morgan fingerprint density at radius 3 is 2.50 bits per heavy atom. The van der Waals surface area contributed by atoms with Gasteiger partial charge in [-0.25, -0.2) is 0 Å². The fraction of sp³-hybridized carbons (Fsp3) is 0.440. The van der Waals surface area contributed by atoms with Gasteiger partial charge in [0.05, 0.1) is 20.3 Å². The minimum atomic E-state index is 0.212. The molecule has 28 heavy (non-hydrogen) atoms. The van der Waals surface area contributed by atoms with Crippen LogP contribution in [0.15, 0.2) is 48.5 Å². The molecule has 0 aromatic heterocycles. The van der Waals surface area contributed by atoms with E-state index in [0.717, 1.165) is 43.7 Å². The fourth-order valence-electron chi connectivity index (χ4n) is 3.12. The second kappa shape index (κ2) is 12.1. The van der Waals surface area contributed by atoms with Gasteiger partial charge < -0.3 is 9.47 Å². The second-order valence-electron chi connectivity index (χ2n) is 7.04. The van der Waals surface area contributed by atoms with Gasteiger partial charge in [-0.05, 0) is 43.5 Å². The summed E-state index contributed by atoms with van der Waals surface area (Å²) in [6, 6.07) is 16.9. The largest absolute Gasteiger partial charge is 0.497 e. The van der Waals surface area contributed by atoms with E-state index in [4.69, 9.17) is 9.47 Å². The van der Waals surface area contributed by atoms with Crippen molar-refractivity contribution >= 4 is 0 Å². The third kappa shape index (κ3) is 6.94. The highest BCUT2D eigenvalue weighted by atomic mass is 16.5. The Balaban J connectivity index is 2.06.